The predicted octanol–water partition coefficient (Wildman–Crippen LogP) is 3.39. The van der Waals surface area contributed by atoms with Crippen molar-refractivity contribution in [2.75, 3.05) is 19.7 Å². The van der Waals surface area contributed by atoms with E-state index in [1.54, 1.807) is 0 Å². The minimum absolute atomic E-state index is 0. The van der Waals surface area contributed by atoms with Crippen molar-refractivity contribution in [3.63, 3.8) is 0 Å². The zero-order valence-corrected chi connectivity index (χ0v) is 16.1. The van der Waals surface area contributed by atoms with E-state index in [-0.39, 0.29) is 29.4 Å². The van der Waals surface area contributed by atoms with Crippen LogP contribution in [0.15, 0.2) is 4.99 Å². The van der Waals surface area contributed by atoms with Crippen LogP contribution in [0, 0.1) is 5.41 Å². The van der Waals surface area contributed by atoms with Gasteiger partial charge in [0.2, 0.25) is 0 Å². The summed E-state index contributed by atoms with van der Waals surface area (Å²) in [7, 11) is 0. The van der Waals surface area contributed by atoms with Gasteiger partial charge < -0.3 is 15.4 Å². The van der Waals surface area contributed by atoms with Crippen LogP contribution in [0.2, 0.25) is 0 Å². The van der Waals surface area contributed by atoms with Crippen molar-refractivity contribution in [1.29, 1.82) is 0 Å². The molecule has 0 aromatic heterocycles. The third-order valence-electron chi connectivity index (χ3n) is 5.27. The molecule has 4 nitrogen and oxygen atoms in total. The lowest BCUT2D eigenvalue weighted by Crippen LogP contribution is -2.59. The number of halogens is 1. The molecule has 2 N–H and O–H groups in total. The van der Waals surface area contributed by atoms with Gasteiger partial charge in [-0.25, -0.2) is 4.99 Å². The number of hydrogen-bond acceptors (Lipinski definition) is 2. The summed E-state index contributed by atoms with van der Waals surface area (Å²) in [5, 5.41) is 0. The molecule has 0 aromatic carbocycles. The van der Waals surface area contributed by atoms with E-state index >= 15 is 0 Å². The minimum Gasteiger partial charge on any atom is -0.378 e. The Morgan fingerprint density at radius 2 is 1.81 bits per heavy atom. The van der Waals surface area contributed by atoms with E-state index in [4.69, 9.17) is 15.5 Å². The highest BCUT2D eigenvalue weighted by Gasteiger charge is 2.55. The van der Waals surface area contributed by atoms with Gasteiger partial charge in [0.25, 0.3) is 0 Å². The predicted molar refractivity (Wildman–Crippen MR) is 99.3 cm³/mol. The summed E-state index contributed by atoms with van der Waals surface area (Å²) in [6.07, 6.45) is 7.99. The molecule has 1 spiro atoms. The molecule has 2 aliphatic rings. The van der Waals surface area contributed by atoms with E-state index in [2.05, 4.69) is 25.7 Å². The van der Waals surface area contributed by atoms with E-state index in [0.29, 0.717) is 12.1 Å². The van der Waals surface area contributed by atoms with Gasteiger partial charge in [0.1, 0.15) is 0 Å². The number of aliphatic imine (C=N–C) groups is 1. The van der Waals surface area contributed by atoms with Gasteiger partial charge in [-0.05, 0) is 40.0 Å². The number of rotatable bonds is 5. The zero-order chi connectivity index (χ0) is 14.6. The second-order valence-electron chi connectivity index (χ2n) is 6.15. The maximum Gasteiger partial charge on any atom is 0.191 e. The number of nitrogens with zero attached hydrogens (tertiary/aromatic N) is 2. The highest BCUT2D eigenvalue weighted by molar-refractivity contribution is 14.0. The van der Waals surface area contributed by atoms with Crippen LogP contribution in [0.1, 0.15) is 59.3 Å². The van der Waals surface area contributed by atoms with Crippen LogP contribution < -0.4 is 5.73 Å². The maximum absolute atomic E-state index is 6.19. The number of nitrogens with two attached hydrogens (primary N) is 1. The molecule has 0 aromatic rings. The molecular formula is C16H32IN3O. The van der Waals surface area contributed by atoms with Crippen LogP contribution >= 0.6 is 24.0 Å². The van der Waals surface area contributed by atoms with Crippen molar-refractivity contribution in [1.82, 2.24) is 4.90 Å². The van der Waals surface area contributed by atoms with Crippen LogP contribution in [0.5, 0.6) is 0 Å². The Morgan fingerprint density at radius 3 is 2.33 bits per heavy atom. The Bertz CT molecular complexity index is 338. The van der Waals surface area contributed by atoms with Gasteiger partial charge in [-0.15, -0.1) is 24.0 Å². The summed E-state index contributed by atoms with van der Waals surface area (Å²) < 4.78 is 5.97. The Kier molecular flexibility index (Phi) is 7.74. The molecule has 2 atom stereocenters. The molecule has 2 rings (SSSR count). The molecule has 0 radical (unpaired) electrons. The third kappa shape index (κ3) is 3.84. The van der Waals surface area contributed by atoms with Crippen LogP contribution in [0.25, 0.3) is 0 Å². The molecule has 5 heteroatoms. The third-order valence-corrected chi connectivity index (χ3v) is 5.27. The van der Waals surface area contributed by atoms with Crippen molar-refractivity contribution in [2.24, 2.45) is 16.1 Å². The van der Waals surface area contributed by atoms with Crippen molar-refractivity contribution in [3.05, 3.63) is 0 Å². The van der Waals surface area contributed by atoms with Crippen molar-refractivity contribution >= 4 is 29.9 Å². The second kappa shape index (κ2) is 8.56. The highest BCUT2D eigenvalue weighted by atomic mass is 127. The Hall–Kier alpha value is -0.0400. The van der Waals surface area contributed by atoms with Crippen molar-refractivity contribution in [3.8, 4) is 0 Å². The van der Waals surface area contributed by atoms with Crippen LogP contribution in [-0.2, 0) is 4.74 Å². The minimum atomic E-state index is 0. The summed E-state index contributed by atoms with van der Waals surface area (Å²) in [6.45, 7) is 9.03. The average Bonchev–Trinajstić information content (AvgIpc) is 2.48. The number of hydrogen-bond donors (Lipinski definition) is 1. The van der Waals surface area contributed by atoms with Gasteiger partial charge in [-0.2, -0.15) is 0 Å². The fourth-order valence-corrected chi connectivity index (χ4v) is 4.00. The van der Waals surface area contributed by atoms with Gasteiger partial charge in [0, 0.05) is 25.1 Å². The number of ether oxygens (including phenoxy) is 1. The molecule has 0 aliphatic heterocycles. The van der Waals surface area contributed by atoms with Crippen LogP contribution in [0.3, 0.4) is 0 Å². The second-order valence-corrected chi connectivity index (χ2v) is 6.15. The largest absolute Gasteiger partial charge is 0.378 e. The topological polar surface area (TPSA) is 50.9 Å². The molecule has 2 saturated carbocycles. The zero-order valence-electron chi connectivity index (χ0n) is 13.8. The van der Waals surface area contributed by atoms with E-state index in [1.807, 2.05) is 0 Å². The molecule has 0 saturated heterocycles. The van der Waals surface area contributed by atoms with E-state index < -0.39 is 0 Å². The molecule has 124 valence electrons. The van der Waals surface area contributed by atoms with Crippen LogP contribution in [0.4, 0.5) is 0 Å². The van der Waals surface area contributed by atoms with Gasteiger partial charge >= 0.3 is 0 Å². The first-order valence-corrected chi connectivity index (χ1v) is 8.37. The van der Waals surface area contributed by atoms with Crippen molar-refractivity contribution < 1.29 is 4.74 Å². The van der Waals surface area contributed by atoms with Gasteiger partial charge in [0.05, 0.1) is 12.1 Å². The SMILES string of the molecule is CCOC1CC(N=C(N)N(CC)CC)C12CCCCC2.I. The highest BCUT2D eigenvalue weighted by Crippen LogP contribution is 2.54. The lowest BCUT2D eigenvalue weighted by Gasteiger charge is -2.56. The van der Waals surface area contributed by atoms with E-state index in [0.717, 1.165) is 32.1 Å². The summed E-state index contributed by atoms with van der Waals surface area (Å²) in [5.41, 5.74) is 6.48. The lowest BCUT2D eigenvalue weighted by molar-refractivity contribution is -0.139. The first kappa shape index (κ1) is 19.0. The maximum atomic E-state index is 6.19. The summed E-state index contributed by atoms with van der Waals surface area (Å²) in [5.74, 6) is 0.722. The lowest BCUT2D eigenvalue weighted by atomic mass is 9.55. The summed E-state index contributed by atoms with van der Waals surface area (Å²) >= 11 is 0. The van der Waals surface area contributed by atoms with E-state index in [9.17, 15) is 0 Å². The van der Waals surface area contributed by atoms with E-state index in [1.165, 1.54) is 32.1 Å². The molecule has 21 heavy (non-hydrogen) atoms. The first-order valence-electron chi connectivity index (χ1n) is 8.37. The molecule has 0 amide bonds. The molecule has 2 unspecified atom stereocenters. The number of guanidine groups is 1. The summed E-state index contributed by atoms with van der Waals surface area (Å²) in [6, 6.07) is 0.375. The van der Waals surface area contributed by atoms with Gasteiger partial charge in [0.15, 0.2) is 5.96 Å². The monoisotopic (exact) mass is 409 g/mol. The summed E-state index contributed by atoms with van der Waals surface area (Å²) in [4.78, 5) is 7.02. The smallest absolute Gasteiger partial charge is 0.191 e. The molecule has 2 aliphatic carbocycles. The van der Waals surface area contributed by atoms with Gasteiger partial charge in [-0.1, -0.05) is 19.3 Å². The quantitative estimate of drug-likeness (QED) is 0.430. The van der Waals surface area contributed by atoms with Gasteiger partial charge in [-0.3, -0.25) is 0 Å². The fourth-order valence-electron chi connectivity index (χ4n) is 4.00. The molecule has 0 bridgehead atoms. The Labute approximate surface area is 146 Å². The molecule has 2 fully saturated rings. The first-order chi connectivity index (χ1) is 9.67. The van der Waals surface area contributed by atoms with Crippen molar-refractivity contribution in [2.45, 2.75) is 71.4 Å². The Morgan fingerprint density at radius 1 is 1.19 bits per heavy atom. The Balaban J connectivity index is 0.00000220. The van der Waals surface area contributed by atoms with Crippen LogP contribution in [-0.4, -0.2) is 42.7 Å². The molecule has 0 heterocycles. The fraction of sp³-hybridized carbons (Fsp3) is 0.938. The standard InChI is InChI=1S/C16H31N3O.HI/c1-4-19(5-2)15(17)18-13-12-14(20-6-3)16(13)10-8-7-9-11-16;/h13-14H,4-12H2,1-3H3,(H2,17,18);1H. The molecular weight excluding hydrogens is 377 g/mol. The average molecular weight is 409 g/mol. The normalized spacial score (nSPS) is 27.9.